The maximum Gasteiger partial charge on any atom is 0.159 e. The Kier molecular flexibility index (Phi) is 7.30. The lowest BCUT2D eigenvalue weighted by Gasteiger charge is -2.43. The van der Waals surface area contributed by atoms with Crippen LogP contribution in [0, 0.1) is 5.92 Å². The highest BCUT2D eigenvalue weighted by Crippen LogP contribution is 2.65. The summed E-state index contributed by atoms with van der Waals surface area (Å²) in [5, 5.41) is 8.62. The number of hydrogen-bond donors (Lipinski definition) is 1. The molecule has 0 amide bonds. The Morgan fingerprint density at radius 2 is 1.28 bits per heavy atom. The molecule has 274 valence electrons. The monoisotopic (exact) mass is 743 g/mol. The molecule has 2 aliphatic carbocycles. The van der Waals surface area contributed by atoms with Gasteiger partial charge in [0.15, 0.2) is 5.84 Å². The number of hydrogen-bond acceptors (Lipinski definition) is 4. The predicted molar refractivity (Wildman–Crippen MR) is 236 cm³/mol. The van der Waals surface area contributed by atoms with Crippen molar-refractivity contribution in [2.75, 3.05) is 0 Å². The lowest BCUT2D eigenvalue weighted by Crippen LogP contribution is -2.37. The number of nitrogens with zero attached hydrogens (tertiary/aromatic N) is 2. The smallest absolute Gasteiger partial charge is 0.159 e. The third kappa shape index (κ3) is 4.88. The zero-order valence-electron chi connectivity index (χ0n) is 31.6. The summed E-state index contributed by atoms with van der Waals surface area (Å²) < 4.78 is 7.04. The van der Waals surface area contributed by atoms with Crippen molar-refractivity contribution in [3.05, 3.63) is 239 Å². The molecule has 4 heteroatoms. The minimum atomic E-state index is -0.405. The van der Waals surface area contributed by atoms with Crippen molar-refractivity contribution in [1.29, 1.82) is 0 Å². The molecular formula is C54H37N3O. The molecule has 4 atom stereocenters. The molecule has 0 fully saturated rings. The molecule has 2 aliphatic heterocycles. The first kappa shape index (κ1) is 32.9. The van der Waals surface area contributed by atoms with Crippen LogP contribution in [0.15, 0.2) is 210 Å². The second kappa shape index (κ2) is 12.9. The van der Waals surface area contributed by atoms with Crippen LogP contribution in [0.2, 0.25) is 0 Å². The standard InChI is InChI=1S/C54H37N3O/c1-2-15-35(16-3-1)51-55-52(57-53(56-51)39-30-31-41-37(33-39)29-28-34-14-4-5-19-40(34)41)38-18-12-17-36(32-38)42-22-13-26-48-50(42)58-49-27-11-10-25-47(49)54(48)45-23-8-6-20-43(45)44-21-7-9-24-46(44)54/h1-33,43,45,52H,(H,55,56,57). The van der Waals surface area contributed by atoms with E-state index >= 15 is 0 Å². The highest BCUT2D eigenvalue weighted by atomic mass is 16.5. The molecule has 8 aromatic rings. The van der Waals surface area contributed by atoms with Gasteiger partial charge in [0.2, 0.25) is 0 Å². The van der Waals surface area contributed by atoms with E-state index in [0.29, 0.717) is 5.84 Å². The van der Waals surface area contributed by atoms with E-state index < -0.39 is 5.41 Å². The Hall–Kier alpha value is -7.30. The van der Waals surface area contributed by atoms with Crippen molar-refractivity contribution in [2.45, 2.75) is 17.5 Å². The molecule has 1 spiro atoms. The summed E-state index contributed by atoms with van der Waals surface area (Å²) in [5.41, 5.74) is 9.92. The molecule has 0 bridgehead atoms. The lowest BCUT2D eigenvalue weighted by atomic mass is 9.61. The average Bonchev–Trinajstić information content (AvgIpc) is 3.59. The largest absolute Gasteiger partial charge is 0.456 e. The molecule has 0 saturated heterocycles. The van der Waals surface area contributed by atoms with Crippen LogP contribution in [0.25, 0.3) is 32.7 Å². The van der Waals surface area contributed by atoms with Crippen LogP contribution < -0.4 is 10.1 Å². The highest BCUT2D eigenvalue weighted by Gasteiger charge is 2.56. The Bertz CT molecular complexity index is 3100. The van der Waals surface area contributed by atoms with E-state index in [1.165, 1.54) is 43.8 Å². The van der Waals surface area contributed by atoms with Crippen molar-refractivity contribution in [2.24, 2.45) is 15.9 Å². The third-order valence-electron chi connectivity index (χ3n) is 12.6. The molecule has 0 radical (unpaired) electrons. The lowest BCUT2D eigenvalue weighted by molar-refractivity contribution is 0.375. The quantitative estimate of drug-likeness (QED) is 0.182. The Morgan fingerprint density at radius 3 is 2.22 bits per heavy atom. The fourth-order valence-electron chi connectivity index (χ4n) is 10.1. The topological polar surface area (TPSA) is 46.0 Å². The molecule has 0 aromatic heterocycles. The average molecular weight is 744 g/mol. The first-order valence-corrected chi connectivity index (χ1v) is 20.1. The number of aliphatic imine (C=N–C) groups is 2. The first-order valence-electron chi connectivity index (χ1n) is 20.1. The second-order valence-electron chi connectivity index (χ2n) is 15.7. The van der Waals surface area contributed by atoms with Crippen molar-refractivity contribution in [3.63, 3.8) is 0 Å². The van der Waals surface area contributed by atoms with Gasteiger partial charge >= 0.3 is 0 Å². The number of benzene rings is 8. The Morgan fingerprint density at radius 1 is 0.534 bits per heavy atom. The van der Waals surface area contributed by atoms with E-state index in [0.717, 1.165) is 45.2 Å². The summed E-state index contributed by atoms with van der Waals surface area (Å²) in [6, 6.07) is 63.0. The summed E-state index contributed by atoms with van der Waals surface area (Å²) >= 11 is 0. The van der Waals surface area contributed by atoms with E-state index in [1.54, 1.807) is 0 Å². The van der Waals surface area contributed by atoms with Crippen LogP contribution in [0.4, 0.5) is 0 Å². The van der Waals surface area contributed by atoms with Gasteiger partial charge in [0, 0.05) is 39.7 Å². The predicted octanol–water partition coefficient (Wildman–Crippen LogP) is 12.4. The number of ether oxygens (including phenoxy) is 1. The molecule has 2 heterocycles. The van der Waals surface area contributed by atoms with Crippen LogP contribution in [-0.4, -0.2) is 11.7 Å². The molecule has 4 aliphatic rings. The van der Waals surface area contributed by atoms with Crippen LogP contribution in [-0.2, 0) is 5.41 Å². The van der Waals surface area contributed by atoms with Crippen LogP contribution >= 0.6 is 0 Å². The van der Waals surface area contributed by atoms with E-state index in [4.69, 9.17) is 14.7 Å². The van der Waals surface area contributed by atoms with Gasteiger partial charge in [-0.2, -0.15) is 0 Å². The summed E-state index contributed by atoms with van der Waals surface area (Å²) in [5.74, 6) is 3.80. The maximum atomic E-state index is 7.04. The first-order chi connectivity index (χ1) is 28.7. The number of allylic oxidation sites excluding steroid dienone is 4. The summed E-state index contributed by atoms with van der Waals surface area (Å²) in [7, 11) is 0. The Balaban J connectivity index is 0.982. The molecule has 1 N–H and O–H groups in total. The third-order valence-corrected chi connectivity index (χ3v) is 12.6. The minimum absolute atomic E-state index is 0.212. The zero-order chi connectivity index (χ0) is 38.2. The van der Waals surface area contributed by atoms with E-state index in [1.807, 2.05) is 18.2 Å². The number of para-hydroxylation sites is 2. The maximum absolute atomic E-state index is 7.04. The van der Waals surface area contributed by atoms with Crippen LogP contribution in [0.3, 0.4) is 0 Å². The number of nitrogens with one attached hydrogen (secondary N) is 1. The summed E-state index contributed by atoms with van der Waals surface area (Å²) in [4.78, 5) is 10.4. The highest BCUT2D eigenvalue weighted by molar-refractivity contribution is 6.15. The van der Waals surface area contributed by atoms with Crippen LogP contribution in [0.5, 0.6) is 11.5 Å². The fraction of sp³-hybridized carbons (Fsp3) is 0.0741. The molecule has 12 rings (SSSR count). The molecular weight excluding hydrogens is 707 g/mol. The minimum Gasteiger partial charge on any atom is -0.456 e. The van der Waals surface area contributed by atoms with Gasteiger partial charge in [-0.15, -0.1) is 0 Å². The zero-order valence-corrected chi connectivity index (χ0v) is 31.6. The molecule has 4 unspecified atom stereocenters. The van der Waals surface area contributed by atoms with Gasteiger partial charge in [-0.25, -0.2) is 9.98 Å². The number of rotatable bonds is 4. The second-order valence-corrected chi connectivity index (χ2v) is 15.7. The van der Waals surface area contributed by atoms with Crippen molar-refractivity contribution >= 4 is 33.2 Å². The summed E-state index contributed by atoms with van der Waals surface area (Å²) in [6.45, 7) is 0. The van der Waals surface area contributed by atoms with Crippen molar-refractivity contribution < 1.29 is 4.74 Å². The number of amidine groups is 2. The molecule has 58 heavy (non-hydrogen) atoms. The van der Waals surface area contributed by atoms with Gasteiger partial charge in [0.25, 0.3) is 0 Å². The van der Waals surface area contributed by atoms with Gasteiger partial charge in [0.05, 0.1) is 5.41 Å². The van der Waals surface area contributed by atoms with Crippen molar-refractivity contribution in [3.8, 4) is 22.6 Å². The molecule has 8 aromatic carbocycles. The Labute approximate surface area is 337 Å². The fourth-order valence-corrected chi connectivity index (χ4v) is 10.1. The van der Waals surface area contributed by atoms with Crippen molar-refractivity contribution in [1.82, 2.24) is 5.32 Å². The van der Waals surface area contributed by atoms with Gasteiger partial charge in [0.1, 0.15) is 23.5 Å². The van der Waals surface area contributed by atoms with E-state index in [9.17, 15) is 0 Å². The summed E-state index contributed by atoms with van der Waals surface area (Å²) in [6.07, 6.45) is 8.84. The normalized spacial score (nSPS) is 21.0. The number of fused-ring (bicyclic) bond motifs is 12. The van der Waals surface area contributed by atoms with Gasteiger partial charge in [-0.1, -0.05) is 182 Å². The SMILES string of the molecule is C1=CC2c3ccccc3C3(c4ccccc4Oc4c(-c5cccc(C6N=C(c7ccccc7)N=C(c7ccc8c(ccc9ccccc98)c7)N6)c5)cccc43)C2C=C1. The van der Waals surface area contributed by atoms with E-state index in [2.05, 4.69) is 187 Å². The van der Waals surface area contributed by atoms with Gasteiger partial charge < -0.3 is 10.1 Å². The van der Waals surface area contributed by atoms with Gasteiger partial charge in [-0.3, -0.25) is 0 Å². The molecule has 0 saturated carbocycles. The van der Waals surface area contributed by atoms with Crippen LogP contribution in [0.1, 0.15) is 51.0 Å². The van der Waals surface area contributed by atoms with E-state index in [-0.39, 0.29) is 18.0 Å². The van der Waals surface area contributed by atoms with Gasteiger partial charge in [-0.05, 0) is 62.0 Å². The molecule has 4 nitrogen and oxygen atoms in total.